The first-order valence-electron chi connectivity index (χ1n) is 7.63. The summed E-state index contributed by atoms with van der Waals surface area (Å²) in [6.45, 7) is 3.38. The lowest BCUT2D eigenvalue weighted by Gasteiger charge is -2.20. The van der Waals surface area contributed by atoms with Gasteiger partial charge in [-0.05, 0) is 44.3 Å². The molecule has 102 valence electrons. The van der Waals surface area contributed by atoms with Crippen LogP contribution in [-0.4, -0.2) is 22.9 Å². The van der Waals surface area contributed by atoms with Gasteiger partial charge < -0.3 is 5.32 Å². The molecular formula is C15H27N3. The number of hydrogen-bond donors (Lipinski definition) is 1. The van der Waals surface area contributed by atoms with Crippen molar-refractivity contribution in [1.29, 1.82) is 0 Å². The molecular weight excluding hydrogens is 222 g/mol. The Balaban J connectivity index is 1.51. The van der Waals surface area contributed by atoms with E-state index in [0.717, 1.165) is 19.0 Å². The van der Waals surface area contributed by atoms with Crippen LogP contribution < -0.4 is 5.32 Å². The fraction of sp³-hybridized carbons (Fsp3) is 0.800. The Morgan fingerprint density at radius 2 is 1.89 bits per heavy atom. The minimum Gasteiger partial charge on any atom is -0.316 e. The van der Waals surface area contributed by atoms with Crippen molar-refractivity contribution in [3.8, 4) is 0 Å². The van der Waals surface area contributed by atoms with Crippen LogP contribution in [0.3, 0.4) is 0 Å². The van der Waals surface area contributed by atoms with Crippen LogP contribution in [-0.2, 0) is 6.54 Å². The minimum atomic E-state index is 0.926. The molecule has 0 aliphatic heterocycles. The molecule has 0 bridgehead atoms. The normalized spacial score (nSPS) is 18.4. The highest BCUT2D eigenvalue weighted by Gasteiger charge is 2.10. The van der Waals surface area contributed by atoms with E-state index in [9.17, 15) is 0 Å². The van der Waals surface area contributed by atoms with Crippen molar-refractivity contribution in [3.63, 3.8) is 0 Å². The van der Waals surface area contributed by atoms with Gasteiger partial charge in [-0.15, -0.1) is 0 Å². The molecule has 1 aliphatic rings. The summed E-state index contributed by atoms with van der Waals surface area (Å²) in [5, 5.41) is 7.84. The van der Waals surface area contributed by atoms with E-state index in [-0.39, 0.29) is 0 Å². The molecule has 2 rings (SSSR count). The first-order chi connectivity index (χ1) is 8.95. The third-order valence-electron chi connectivity index (χ3n) is 3.96. The molecule has 1 aromatic heterocycles. The van der Waals surface area contributed by atoms with Gasteiger partial charge in [0.05, 0.1) is 0 Å². The van der Waals surface area contributed by atoms with E-state index in [1.54, 1.807) is 0 Å². The second-order valence-electron chi connectivity index (χ2n) is 5.54. The smallest absolute Gasteiger partial charge is 0.0489 e. The summed E-state index contributed by atoms with van der Waals surface area (Å²) >= 11 is 0. The molecule has 0 radical (unpaired) electrons. The van der Waals surface area contributed by atoms with Crippen LogP contribution in [0, 0.1) is 5.92 Å². The molecule has 0 saturated heterocycles. The lowest BCUT2D eigenvalue weighted by molar-refractivity contribution is 0.359. The molecule has 0 amide bonds. The number of hydrogen-bond acceptors (Lipinski definition) is 2. The van der Waals surface area contributed by atoms with E-state index in [0.29, 0.717) is 0 Å². The second kappa shape index (κ2) is 8.30. The van der Waals surface area contributed by atoms with Crippen molar-refractivity contribution < 1.29 is 0 Å². The van der Waals surface area contributed by atoms with Crippen LogP contribution in [0.15, 0.2) is 18.5 Å². The third kappa shape index (κ3) is 5.21. The maximum atomic E-state index is 4.22. The Kier molecular flexibility index (Phi) is 6.27. The summed E-state index contributed by atoms with van der Waals surface area (Å²) in [5.74, 6) is 0.926. The fourth-order valence-electron chi connectivity index (χ4n) is 2.85. The van der Waals surface area contributed by atoms with Gasteiger partial charge in [0.1, 0.15) is 0 Å². The molecule has 18 heavy (non-hydrogen) atoms. The zero-order valence-electron chi connectivity index (χ0n) is 11.5. The third-order valence-corrected chi connectivity index (χ3v) is 3.96. The maximum Gasteiger partial charge on any atom is 0.0489 e. The van der Waals surface area contributed by atoms with Gasteiger partial charge in [-0.3, -0.25) is 4.68 Å². The monoisotopic (exact) mass is 249 g/mol. The zero-order valence-corrected chi connectivity index (χ0v) is 11.5. The van der Waals surface area contributed by atoms with Gasteiger partial charge >= 0.3 is 0 Å². The molecule has 0 unspecified atom stereocenters. The summed E-state index contributed by atoms with van der Waals surface area (Å²) in [5.41, 5.74) is 0. The number of nitrogens with zero attached hydrogens (tertiary/aromatic N) is 2. The lowest BCUT2D eigenvalue weighted by atomic mass is 9.91. The van der Waals surface area contributed by atoms with Crippen LogP contribution in [0.1, 0.15) is 51.4 Å². The van der Waals surface area contributed by atoms with Crippen molar-refractivity contribution in [2.45, 2.75) is 57.9 Å². The van der Waals surface area contributed by atoms with Crippen LogP contribution in [0.25, 0.3) is 0 Å². The molecule has 0 spiro atoms. The van der Waals surface area contributed by atoms with E-state index in [1.807, 2.05) is 23.1 Å². The first-order valence-corrected chi connectivity index (χ1v) is 7.63. The highest BCUT2D eigenvalue weighted by atomic mass is 15.3. The second-order valence-corrected chi connectivity index (χ2v) is 5.54. The SMILES string of the molecule is c1cnn(CCCNCC2CCCCCCC2)c1. The number of rotatable bonds is 6. The highest BCUT2D eigenvalue weighted by molar-refractivity contribution is 4.77. The molecule has 1 fully saturated rings. The van der Waals surface area contributed by atoms with Gasteiger partial charge in [-0.2, -0.15) is 5.10 Å². The molecule has 1 heterocycles. The summed E-state index contributed by atoms with van der Waals surface area (Å²) in [4.78, 5) is 0. The zero-order chi connectivity index (χ0) is 12.5. The molecule has 0 aromatic carbocycles. The Hall–Kier alpha value is -0.830. The van der Waals surface area contributed by atoms with Crippen LogP contribution in [0.5, 0.6) is 0 Å². The van der Waals surface area contributed by atoms with Crippen molar-refractivity contribution in [2.75, 3.05) is 13.1 Å². The predicted octanol–water partition coefficient (Wildman–Crippen LogP) is 3.22. The quantitative estimate of drug-likeness (QED) is 0.785. The average molecular weight is 249 g/mol. The standard InChI is InChI=1S/C15H27N3/c1-2-4-8-15(9-5-3-1)14-16-10-6-12-18-13-7-11-17-18/h7,11,13,15-16H,1-6,8-10,12,14H2. The first kappa shape index (κ1) is 13.6. The molecule has 1 saturated carbocycles. The molecule has 3 nitrogen and oxygen atoms in total. The summed E-state index contributed by atoms with van der Waals surface area (Å²) in [6.07, 6.45) is 15.2. The summed E-state index contributed by atoms with van der Waals surface area (Å²) < 4.78 is 2.01. The van der Waals surface area contributed by atoms with Crippen molar-refractivity contribution in [1.82, 2.24) is 15.1 Å². The van der Waals surface area contributed by atoms with Gasteiger partial charge in [0.25, 0.3) is 0 Å². The predicted molar refractivity (Wildman–Crippen MR) is 75.5 cm³/mol. The Morgan fingerprint density at radius 3 is 2.61 bits per heavy atom. The molecule has 3 heteroatoms. The highest BCUT2D eigenvalue weighted by Crippen LogP contribution is 2.21. The fourth-order valence-corrected chi connectivity index (χ4v) is 2.85. The topological polar surface area (TPSA) is 29.9 Å². The van der Waals surface area contributed by atoms with Crippen LogP contribution in [0.4, 0.5) is 0 Å². The van der Waals surface area contributed by atoms with Gasteiger partial charge in [-0.1, -0.05) is 32.1 Å². The van der Waals surface area contributed by atoms with Crippen LogP contribution in [0.2, 0.25) is 0 Å². The van der Waals surface area contributed by atoms with E-state index < -0.39 is 0 Å². The largest absolute Gasteiger partial charge is 0.316 e. The Morgan fingerprint density at radius 1 is 1.11 bits per heavy atom. The molecule has 1 aromatic rings. The van der Waals surface area contributed by atoms with Crippen LogP contribution >= 0.6 is 0 Å². The Labute approximate surface area is 111 Å². The van der Waals surface area contributed by atoms with E-state index >= 15 is 0 Å². The van der Waals surface area contributed by atoms with Gasteiger partial charge in [0.15, 0.2) is 0 Å². The van der Waals surface area contributed by atoms with E-state index in [4.69, 9.17) is 0 Å². The maximum absolute atomic E-state index is 4.22. The summed E-state index contributed by atoms with van der Waals surface area (Å²) in [7, 11) is 0. The van der Waals surface area contributed by atoms with Gasteiger partial charge in [0, 0.05) is 18.9 Å². The minimum absolute atomic E-state index is 0.926. The molecule has 0 atom stereocenters. The van der Waals surface area contributed by atoms with E-state index in [1.165, 1.54) is 57.9 Å². The molecule has 1 N–H and O–H groups in total. The number of nitrogens with one attached hydrogen (secondary N) is 1. The molecule has 1 aliphatic carbocycles. The van der Waals surface area contributed by atoms with Crippen molar-refractivity contribution in [3.05, 3.63) is 18.5 Å². The van der Waals surface area contributed by atoms with Crippen molar-refractivity contribution >= 4 is 0 Å². The van der Waals surface area contributed by atoms with Gasteiger partial charge in [-0.25, -0.2) is 0 Å². The summed E-state index contributed by atoms with van der Waals surface area (Å²) in [6, 6.07) is 1.99. The van der Waals surface area contributed by atoms with E-state index in [2.05, 4.69) is 10.4 Å². The van der Waals surface area contributed by atoms with Crippen molar-refractivity contribution in [2.24, 2.45) is 5.92 Å². The average Bonchev–Trinajstić information content (AvgIpc) is 2.84. The van der Waals surface area contributed by atoms with Gasteiger partial charge in [0.2, 0.25) is 0 Å². The Bertz CT molecular complexity index is 287. The number of aryl methyl sites for hydroxylation is 1. The lowest BCUT2D eigenvalue weighted by Crippen LogP contribution is -2.25. The number of aromatic nitrogens is 2.